The average Bonchev–Trinajstić information content (AvgIpc) is 2.62. The molecule has 7 heteroatoms. The van der Waals surface area contributed by atoms with Crippen molar-refractivity contribution in [3.63, 3.8) is 0 Å². The van der Waals surface area contributed by atoms with Crippen molar-refractivity contribution in [3.05, 3.63) is 45.1 Å². The van der Waals surface area contributed by atoms with Gasteiger partial charge in [0.15, 0.2) is 0 Å². The third-order valence-electron chi connectivity index (χ3n) is 5.03. The summed E-state index contributed by atoms with van der Waals surface area (Å²) in [7, 11) is 0. The van der Waals surface area contributed by atoms with Gasteiger partial charge in [-0.15, -0.1) is 0 Å². The number of aryl methyl sites for hydroxylation is 1. The minimum absolute atomic E-state index is 0.0902. The van der Waals surface area contributed by atoms with Crippen LogP contribution >= 0.6 is 0 Å². The number of carbonyl (C=O) groups excluding carboxylic acids is 1. The Morgan fingerprint density at radius 3 is 2.80 bits per heavy atom. The fraction of sp³-hybridized carbons (Fsp3) is 0.500. The molecule has 3 rings (SSSR count). The number of para-hydroxylation sites is 1. The van der Waals surface area contributed by atoms with E-state index in [2.05, 4.69) is 10.3 Å². The highest BCUT2D eigenvalue weighted by Gasteiger charge is 2.25. The van der Waals surface area contributed by atoms with Gasteiger partial charge in [0.25, 0.3) is 5.56 Å². The van der Waals surface area contributed by atoms with Crippen molar-refractivity contribution in [2.45, 2.75) is 44.7 Å². The van der Waals surface area contributed by atoms with Crippen LogP contribution in [0.3, 0.4) is 0 Å². The lowest BCUT2D eigenvalue weighted by Gasteiger charge is -2.31. The molecule has 1 aliphatic carbocycles. The maximum atomic E-state index is 12.3. The largest absolute Gasteiger partial charge is 0.353 e. The van der Waals surface area contributed by atoms with Crippen LogP contribution in [-0.4, -0.2) is 28.0 Å². The van der Waals surface area contributed by atoms with Crippen molar-refractivity contribution in [1.82, 2.24) is 14.9 Å². The van der Waals surface area contributed by atoms with E-state index in [1.165, 1.54) is 4.57 Å². The average molecular weight is 344 g/mol. The molecular weight excluding hydrogens is 320 g/mol. The second-order valence-electron chi connectivity index (χ2n) is 6.63. The van der Waals surface area contributed by atoms with E-state index in [0.717, 1.165) is 25.7 Å². The number of fused-ring (bicyclic) bond motifs is 1. The summed E-state index contributed by atoms with van der Waals surface area (Å²) in [6.45, 7) is 0.803. The lowest BCUT2D eigenvalue weighted by Crippen LogP contribution is -2.45. The zero-order chi connectivity index (χ0) is 17.8. The minimum atomic E-state index is -0.492. The Balaban J connectivity index is 1.71. The molecule has 7 nitrogen and oxygen atoms in total. The van der Waals surface area contributed by atoms with Gasteiger partial charge < -0.3 is 11.1 Å². The number of hydrogen-bond acceptors (Lipinski definition) is 4. The third-order valence-corrected chi connectivity index (χ3v) is 5.03. The predicted octanol–water partition coefficient (Wildman–Crippen LogP) is 0.714. The zero-order valence-corrected chi connectivity index (χ0v) is 14.2. The number of nitrogens with zero attached hydrogens (tertiary/aromatic N) is 1. The number of nitrogens with two attached hydrogens (primary N) is 1. The normalized spacial score (nSPS) is 20.5. The second kappa shape index (κ2) is 7.65. The fourth-order valence-corrected chi connectivity index (χ4v) is 3.64. The topological polar surface area (TPSA) is 110 Å². The van der Waals surface area contributed by atoms with Crippen LogP contribution in [0.4, 0.5) is 0 Å². The van der Waals surface area contributed by atoms with Gasteiger partial charge in [0, 0.05) is 19.0 Å². The molecule has 2 atom stereocenters. The molecule has 1 amide bonds. The van der Waals surface area contributed by atoms with Gasteiger partial charge >= 0.3 is 5.69 Å². The molecule has 1 aliphatic rings. The molecule has 4 N–H and O–H groups in total. The summed E-state index contributed by atoms with van der Waals surface area (Å²) in [5.41, 5.74) is 5.44. The summed E-state index contributed by atoms with van der Waals surface area (Å²) in [5.74, 6) is 0.238. The number of nitrogens with one attached hydrogen (secondary N) is 2. The van der Waals surface area contributed by atoms with Crippen LogP contribution < -0.4 is 22.3 Å². The van der Waals surface area contributed by atoms with Crippen molar-refractivity contribution in [2.24, 2.45) is 11.7 Å². The quantitative estimate of drug-likeness (QED) is 0.742. The summed E-state index contributed by atoms with van der Waals surface area (Å²) in [6, 6.07) is 7.02. The number of carbonyl (C=O) groups is 1. The van der Waals surface area contributed by atoms with E-state index in [0.29, 0.717) is 23.4 Å². The molecule has 0 radical (unpaired) electrons. The number of aromatic amines is 1. The van der Waals surface area contributed by atoms with Crippen LogP contribution in [0.25, 0.3) is 10.9 Å². The molecule has 1 aromatic heterocycles. The highest BCUT2D eigenvalue weighted by Crippen LogP contribution is 2.23. The van der Waals surface area contributed by atoms with Crippen molar-refractivity contribution in [1.29, 1.82) is 0 Å². The summed E-state index contributed by atoms with van der Waals surface area (Å²) in [5, 5.41) is 3.51. The Kier molecular flexibility index (Phi) is 5.33. The van der Waals surface area contributed by atoms with Gasteiger partial charge in [0.05, 0.1) is 10.9 Å². The Bertz CT molecular complexity index is 870. The number of benzene rings is 1. The minimum Gasteiger partial charge on any atom is -0.353 e. The van der Waals surface area contributed by atoms with Crippen LogP contribution in [0.2, 0.25) is 0 Å². The van der Waals surface area contributed by atoms with E-state index in [4.69, 9.17) is 5.73 Å². The van der Waals surface area contributed by atoms with Gasteiger partial charge in [-0.1, -0.05) is 25.0 Å². The predicted molar refractivity (Wildman–Crippen MR) is 96.4 cm³/mol. The first kappa shape index (κ1) is 17.4. The molecule has 1 fully saturated rings. The molecule has 0 spiro atoms. The highest BCUT2D eigenvalue weighted by molar-refractivity contribution is 5.79. The maximum Gasteiger partial charge on any atom is 0.328 e. The van der Waals surface area contributed by atoms with Crippen LogP contribution in [0, 0.1) is 5.92 Å². The molecule has 1 heterocycles. The van der Waals surface area contributed by atoms with Gasteiger partial charge in [0.1, 0.15) is 0 Å². The monoisotopic (exact) mass is 344 g/mol. The third kappa shape index (κ3) is 3.82. The number of hydrogen-bond donors (Lipinski definition) is 3. The Hall–Kier alpha value is -2.41. The van der Waals surface area contributed by atoms with Crippen molar-refractivity contribution in [2.75, 3.05) is 6.54 Å². The molecule has 134 valence electrons. The summed E-state index contributed by atoms with van der Waals surface area (Å²) < 4.78 is 1.44. The zero-order valence-electron chi connectivity index (χ0n) is 14.2. The van der Waals surface area contributed by atoms with Crippen LogP contribution in [-0.2, 0) is 11.3 Å². The van der Waals surface area contributed by atoms with Gasteiger partial charge in [-0.25, -0.2) is 4.79 Å². The molecule has 2 unspecified atom stereocenters. The van der Waals surface area contributed by atoms with Crippen LogP contribution in [0.5, 0.6) is 0 Å². The first-order valence-electron chi connectivity index (χ1n) is 8.81. The van der Waals surface area contributed by atoms with Crippen molar-refractivity contribution in [3.8, 4) is 0 Å². The molecule has 1 aromatic carbocycles. The first-order valence-corrected chi connectivity index (χ1v) is 8.81. The van der Waals surface area contributed by atoms with Crippen molar-refractivity contribution < 1.29 is 4.79 Å². The van der Waals surface area contributed by atoms with E-state index < -0.39 is 11.2 Å². The number of H-pyrrole nitrogens is 1. The number of amides is 1. The molecule has 0 bridgehead atoms. The van der Waals surface area contributed by atoms with E-state index in [1.54, 1.807) is 24.3 Å². The summed E-state index contributed by atoms with van der Waals surface area (Å²) >= 11 is 0. The smallest absolute Gasteiger partial charge is 0.328 e. The van der Waals surface area contributed by atoms with Gasteiger partial charge in [0.2, 0.25) is 5.91 Å². The number of rotatable bonds is 5. The SMILES string of the molecule is NCC1CCCCC1NC(=O)CCn1c(=O)[nH]c(=O)c2ccccc21. The number of aromatic nitrogens is 2. The van der Waals surface area contributed by atoms with Gasteiger partial charge in [-0.3, -0.25) is 19.1 Å². The van der Waals surface area contributed by atoms with Crippen molar-refractivity contribution >= 4 is 16.8 Å². The second-order valence-corrected chi connectivity index (χ2v) is 6.63. The van der Waals surface area contributed by atoms with E-state index in [9.17, 15) is 14.4 Å². The van der Waals surface area contributed by atoms with Gasteiger partial charge in [-0.05, 0) is 37.4 Å². The highest BCUT2D eigenvalue weighted by atomic mass is 16.2. The molecular formula is C18H24N4O3. The van der Waals surface area contributed by atoms with Gasteiger partial charge in [-0.2, -0.15) is 0 Å². The van der Waals surface area contributed by atoms with E-state index >= 15 is 0 Å². The molecule has 0 saturated heterocycles. The molecule has 1 saturated carbocycles. The van der Waals surface area contributed by atoms with E-state index in [1.807, 2.05) is 0 Å². The Labute approximate surface area is 145 Å². The summed E-state index contributed by atoms with van der Waals surface area (Å²) in [6.07, 6.45) is 4.45. The summed E-state index contributed by atoms with van der Waals surface area (Å²) in [4.78, 5) is 38.6. The lowest BCUT2D eigenvalue weighted by atomic mass is 9.84. The van der Waals surface area contributed by atoms with Crippen LogP contribution in [0.15, 0.2) is 33.9 Å². The molecule has 0 aliphatic heterocycles. The first-order chi connectivity index (χ1) is 12.1. The molecule has 2 aromatic rings. The maximum absolute atomic E-state index is 12.3. The lowest BCUT2D eigenvalue weighted by molar-refractivity contribution is -0.122. The molecule has 25 heavy (non-hydrogen) atoms. The van der Waals surface area contributed by atoms with Crippen LogP contribution in [0.1, 0.15) is 32.1 Å². The standard InChI is InChI=1S/C18H24N4O3/c19-11-12-5-1-3-7-14(12)20-16(23)9-10-22-15-8-4-2-6-13(15)17(24)21-18(22)25/h2,4,6,8,12,14H,1,3,5,7,9-11,19H2,(H,20,23)(H,21,24,25). The Morgan fingerprint density at radius 1 is 1.24 bits per heavy atom. The van der Waals surface area contributed by atoms with E-state index in [-0.39, 0.29) is 24.9 Å². The Morgan fingerprint density at radius 2 is 2.00 bits per heavy atom. The fourth-order valence-electron chi connectivity index (χ4n) is 3.64.